The predicted molar refractivity (Wildman–Crippen MR) is 41.1 cm³/mol. The number of allylic oxidation sites excluding steroid dienone is 2. The maximum Gasteiger partial charge on any atom is 0.238 e. The van der Waals surface area contributed by atoms with Crippen molar-refractivity contribution in [3.8, 4) is 0 Å². The Morgan fingerprint density at radius 2 is 2.20 bits per heavy atom. The summed E-state index contributed by atoms with van der Waals surface area (Å²) in [6, 6.07) is -0.682. The topological polar surface area (TPSA) is 69.1 Å². The molecule has 10 heavy (non-hydrogen) atoms. The Balaban J connectivity index is 4.19. The third-order valence-electron chi connectivity index (χ3n) is 1.18. The molecule has 0 fully saturated rings. The van der Waals surface area contributed by atoms with Crippen molar-refractivity contribution in [2.45, 2.75) is 13.0 Å². The summed E-state index contributed by atoms with van der Waals surface area (Å²) in [7, 11) is 0. The molecule has 1 amide bonds. The van der Waals surface area contributed by atoms with Gasteiger partial charge in [-0.1, -0.05) is 18.7 Å². The maximum atomic E-state index is 10.4. The quantitative estimate of drug-likeness (QED) is 0.539. The molecular formula is C7H12N2O. The van der Waals surface area contributed by atoms with E-state index in [2.05, 4.69) is 6.58 Å². The van der Waals surface area contributed by atoms with E-state index in [-0.39, 0.29) is 0 Å². The van der Waals surface area contributed by atoms with E-state index in [0.717, 1.165) is 5.57 Å². The van der Waals surface area contributed by atoms with Crippen LogP contribution >= 0.6 is 0 Å². The average Bonchev–Trinajstić information content (AvgIpc) is 1.87. The molecule has 0 aromatic rings. The predicted octanol–water partition coefficient (Wildman–Crippen LogP) is -0.0687. The third kappa shape index (κ3) is 2.46. The van der Waals surface area contributed by atoms with Crippen molar-refractivity contribution in [2.24, 2.45) is 11.5 Å². The Labute approximate surface area is 60.4 Å². The van der Waals surface area contributed by atoms with Crippen molar-refractivity contribution in [3.63, 3.8) is 0 Å². The van der Waals surface area contributed by atoms with Gasteiger partial charge in [-0.3, -0.25) is 4.79 Å². The molecule has 0 aromatic carbocycles. The second-order valence-corrected chi connectivity index (χ2v) is 2.03. The number of carbonyl (C=O) groups is 1. The molecule has 0 bridgehead atoms. The van der Waals surface area contributed by atoms with Crippen LogP contribution in [0.25, 0.3) is 0 Å². The first-order valence-corrected chi connectivity index (χ1v) is 2.93. The van der Waals surface area contributed by atoms with Crippen LogP contribution in [-0.4, -0.2) is 11.9 Å². The van der Waals surface area contributed by atoms with Gasteiger partial charge < -0.3 is 11.5 Å². The highest BCUT2D eigenvalue weighted by atomic mass is 16.1. The van der Waals surface area contributed by atoms with Gasteiger partial charge in [-0.2, -0.15) is 0 Å². The summed E-state index contributed by atoms with van der Waals surface area (Å²) >= 11 is 0. The molecular weight excluding hydrogens is 128 g/mol. The smallest absolute Gasteiger partial charge is 0.238 e. The number of hydrogen-bond donors (Lipinski definition) is 2. The zero-order chi connectivity index (χ0) is 8.15. The van der Waals surface area contributed by atoms with Crippen LogP contribution in [-0.2, 0) is 4.79 Å². The number of amides is 1. The molecule has 1 atom stereocenters. The maximum absolute atomic E-state index is 10.4. The van der Waals surface area contributed by atoms with Gasteiger partial charge in [0.25, 0.3) is 0 Å². The van der Waals surface area contributed by atoms with Crippen LogP contribution < -0.4 is 11.5 Å². The van der Waals surface area contributed by atoms with Gasteiger partial charge in [0, 0.05) is 0 Å². The Morgan fingerprint density at radius 1 is 1.70 bits per heavy atom. The van der Waals surface area contributed by atoms with Crippen LogP contribution in [0.5, 0.6) is 0 Å². The van der Waals surface area contributed by atoms with Gasteiger partial charge in [0.15, 0.2) is 0 Å². The minimum absolute atomic E-state index is 0.518. The van der Waals surface area contributed by atoms with E-state index >= 15 is 0 Å². The first kappa shape index (κ1) is 8.91. The van der Waals surface area contributed by atoms with E-state index in [4.69, 9.17) is 11.5 Å². The van der Waals surface area contributed by atoms with Crippen molar-refractivity contribution in [1.82, 2.24) is 0 Å². The fourth-order valence-corrected chi connectivity index (χ4v) is 0.514. The SMILES string of the molecule is C=C/C=C(\C)C(N)C(N)=O. The van der Waals surface area contributed by atoms with Crippen LogP contribution in [0.3, 0.4) is 0 Å². The number of rotatable bonds is 3. The van der Waals surface area contributed by atoms with Crippen molar-refractivity contribution in [1.29, 1.82) is 0 Å². The second kappa shape index (κ2) is 3.85. The van der Waals surface area contributed by atoms with Crippen molar-refractivity contribution in [2.75, 3.05) is 0 Å². The molecule has 1 unspecified atom stereocenters. The van der Waals surface area contributed by atoms with Crippen LogP contribution in [0.15, 0.2) is 24.3 Å². The molecule has 0 radical (unpaired) electrons. The van der Waals surface area contributed by atoms with Crippen LogP contribution in [0.2, 0.25) is 0 Å². The zero-order valence-corrected chi connectivity index (χ0v) is 6.00. The summed E-state index contributed by atoms with van der Waals surface area (Å²) in [5.41, 5.74) is 11.0. The Hall–Kier alpha value is -1.09. The van der Waals surface area contributed by atoms with Crippen molar-refractivity contribution in [3.05, 3.63) is 24.3 Å². The van der Waals surface area contributed by atoms with E-state index in [1.54, 1.807) is 19.1 Å². The Bertz CT molecular complexity index is 172. The lowest BCUT2D eigenvalue weighted by molar-refractivity contribution is -0.118. The lowest BCUT2D eigenvalue weighted by Crippen LogP contribution is -2.37. The molecule has 0 aliphatic heterocycles. The molecule has 0 heterocycles. The molecule has 0 spiro atoms. The third-order valence-corrected chi connectivity index (χ3v) is 1.18. The minimum Gasteiger partial charge on any atom is -0.368 e. The summed E-state index contributed by atoms with van der Waals surface area (Å²) in [5.74, 6) is -0.518. The second-order valence-electron chi connectivity index (χ2n) is 2.03. The fourth-order valence-electron chi connectivity index (χ4n) is 0.514. The number of carbonyl (C=O) groups excluding carboxylic acids is 1. The number of primary amides is 1. The van der Waals surface area contributed by atoms with E-state index in [1.807, 2.05) is 0 Å². The number of nitrogens with two attached hydrogens (primary N) is 2. The van der Waals surface area contributed by atoms with Crippen LogP contribution in [0, 0.1) is 0 Å². The summed E-state index contributed by atoms with van der Waals surface area (Å²) in [6.07, 6.45) is 3.23. The highest BCUT2D eigenvalue weighted by molar-refractivity contribution is 5.82. The molecule has 0 saturated carbocycles. The van der Waals surface area contributed by atoms with Gasteiger partial charge in [-0.05, 0) is 12.5 Å². The summed E-state index contributed by atoms with van der Waals surface area (Å²) in [5, 5.41) is 0. The molecule has 56 valence electrons. The fraction of sp³-hybridized carbons (Fsp3) is 0.286. The average molecular weight is 140 g/mol. The van der Waals surface area contributed by atoms with Gasteiger partial charge in [-0.25, -0.2) is 0 Å². The normalized spacial score (nSPS) is 14.4. The first-order valence-electron chi connectivity index (χ1n) is 2.93. The van der Waals surface area contributed by atoms with Crippen LogP contribution in [0.4, 0.5) is 0 Å². The Morgan fingerprint density at radius 3 is 2.50 bits per heavy atom. The van der Waals surface area contributed by atoms with Gasteiger partial charge in [-0.15, -0.1) is 0 Å². The molecule has 0 aromatic heterocycles. The molecule has 3 nitrogen and oxygen atoms in total. The monoisotopic (exact) mass is 140 g/mol. The standard InChI is InChI=1S/C7H12N2O/c1-3-4-5(2)6(8)7(9)10/h3-4,6H,1,8H2,2H3,(H2,9,10)/b5-4+. The van der Waals surface area contributed by atoms with E-state index < -0.39 is 11.9 Å². The van der Waals surface area contributed by atoms with Crippen molar-refractivity contribution >= 4 is 5.91 Å². The van der Waals surface area contributed by atoms with E-state index in [0.29, 0.717) is 0 Å². The van der Waals surface area contributed by atoms with Gasteiger partial charge in [0.2, 0.25) is 5.91 Å². The lowest BCUT2D eigenvalue weighted by Gasteiger charge is -2.05. The molecule has 0 rings (SSSR count). The molecule has 0 aliphatic rings. The van der Waals surface area contributed by atoms with Gasteiger partial charge in [0.1, 0.15) is 6.04 Å². The highest BCUT2D eigenvalue weighted by Gasteiger charge is 2.09. The molecule has 4 N–H and O–H groups in total. The minimum atomic E-state index is -0.682. The van der Waals surface area contributed by atoms with E-state index in [9.17, 15) is 4.79 Å². The first-order chi connectivity index (χ1) is 4.59. The largest absolute Gasteiger partial charge is 0.368 e. The molecule has 0 aliphatic carbocycles. The van der Waals surface area contributed by atoms with Gasteiger partial charge in [0.05, 0.1) is 0 Å². The zero-order valence-electron chi connectivity index (χ0n) is 6.00. The molecule has 0 saturated heterocycles. The summed E-state index contributed by atoms with van der Waals surface area (Å²) in [6.45, 7) is 5.19. The van der Waals surface area contributed by atoms with Crippen LogP contribution in [0.1, 0.15) is 6.92 Å². The van der Waals surface area contributed by atoms with E-state index in [1.165, 1.54) is 0 Å². The molecule has 3 heteroatoms. The summed E-state index contributed by atoms with van der Waals surface area (Å²) in [4.78, 5) is 10.4. The lowest BCUT2D eigenvalue weighted by atomic mass is 10.1. The highest BCUT2D eigenvalue weighted by Crippen LogP contribution is 1.96. The number of hydrogen-bond acceptors (Lipinski definition) is 2. The summed E-state index contributed by atoms with van der Waals surface area (Å²) < 4.78 is 0. The Kier molecular flexibility index (Phi) is 3.43. The van der Waals surface area contributed by atoms with Gasteiger partial charge >= 0.3 is 0 Å². The van der Waals surface area contributed by atoms with Crippen molar-refractivity contribution < 1.29 is 4.79 Å².